The van der Waals surface area contributed by atoms with Gasteiger partial charge < -0.3 is 10.4 Å². The Bertz CT molecular complexity index is 401. The van der Waals surface area contributed by atoms with Gasteiger partial charge in [0.05, 0.1) is 12.1 Å². The lowest BCUT2D eigenvalue weighted by atomic mass is 9.96. The number of aliphatic hydroxyl groups is 1. The van der Waals surface area contributed by atoms with E-state index < -0.39 is 6.10 Å². The summed E-state index contributed by atoms with van der Waals surface area (Å²) in [4.78, 5) is 11.9. The molecule has 0 aliphatic carbocycles. The predicted molar refractivity (Wildman–Crippen MR) is 78.1 cm³/mol. The topological polar surface area (TPSA) is 49.3 Å². The molecule has 0 fully saturated rings. The molecule has 19 heavy (non-hydrogen) atoms. The minimum absolute atomic E-state index is 0.0289. The van der Waals surface area contributed by atoms with Gasteiger partial charge in [0.2, 0.25) is 5.91 Å². The minimum Gasteiger partial charge on any atom is -0.393 e. The Morgan fingerprint density at radius 3 is 2.32 bits per heavy atom. The molecule has 2 atom stereocenters. The summed E-state index contributed by atoms with van der Waals surface area (Å²) >= 11 is 5.87. The van der Waals surface area contributed by atoms with Crippen molar-refractivity contribution in [3.05, 3.63) is 34.9 Å². The van der Waals surface area contributed by atoms with Crippen molar-refractivity contribution in [3.8, 4) is 0 Å². The molecule has 0 aliphatic rings. The average Bonchev–Trinajstić information content (AvgIpc) is 2.34. The zero-order chi connectivity index (χ0) is 14.4. The second-order valence-corrected chi connectivity index (χ2v) is 5.66. The van der Waals surface area contributed by atoms with E-state index in [0.717, 1.165) is 5.56 Å². The van der Waals surface area contributed by atoms with Crippen LogP contribution in [0.3, 0.4) is 0 Å². The molecule has 1 amide bonds. The third-order valence-corrected chi connectivity index (χ3v) is 3.25. The van der Waals surface area contributed by atoms with Crippen LogP contribution in [0.25, 0.3) is 0 Å². The van der Waals surface area contributed by atoms with Gasteiger partial charge in [-0.3, -0.25) is 4.79 Å². The molecule has 106 valence electrons. The lowest BCUT2D eigenvalue weighted by molar-refractivity contribution is -0.122. The Morgan fingerprint density at radius 2 is 1.84 bits per heavy atom. The maximum Gasteiger partial charge on any atom is 0.220 e. The highest BCUT2D eigenvalue weighted by atomic mass is 35.5. The number of nitrogens with one attached hydrogen (secondary N) is 1. The highest BCUT2D eigenvalue weighted by molar-refractivity contribution is 6.30. The molecular weight excluding hydrogens is 262 g/mol. The number of halogens is 1. The molecule has 0 aliphatic heterocycles. The van der Waals surface area contributed by atoms with Gasteiger partial charge in [-0.25, -0.2) is 0 Å². The summed E-state index contributed by atoms with van der Waals surface area (Å²) in [7, 11) is 0. The first-order valence-electron chi connectivity index (χ1n) is 6.63. The smallest absolute Gasteiger partial charge is 0.220 e. The fourth-order valence-electron chi connectivity index (χ4n) is 1.89. The first-order valence-corrected chi connectivity index (χ1v) is 7.01. The standard InChI is InChI=1S/C15H22ClNO2/c1-10(2)15(12-5-7-13(16)8-6-12)17-14(19)9-4-11(3)18/h5-8,10-11,15,18H,4,9H2,1-3H3,(H,17,19). The van der Waals surface area contributed by atoms with Gasteiger partial charge in [-0.1, -0.05) is 37.6 Å². The molecule has 0 aromatic heterocycles. The van der Waals surface area contributed by atoms with Crippen LogP contribution in [0.1, 0.15) is 45.2 Å². The zero-order valence-corrected chi connectivity index (χ0v) is 12.4. The van der Waals surface area contributed by atoms with Crippen molar-refractivity contribution >= 4 is 17.5 Å². The quantitative estimate of drug-likeness (QED) is 0.841. The molecule has 2 unspecified atom stereocenters. The zero-order valence-electron chi connectivity index (χ0n) is 11.7. The Hall–Kier alpha value is -1.06. The van der Waals surface area contributed by atoms with Crippen molar-refractivity contribution in [2.24, 2.45) is 5.92 Å². The van der Waals surface area contributed by atoms with Crippen LogP contribution < -0.4 is 5.32 Å². The third kappa shape index (κ3) is 5.62. The van der Waals surface area contributed by atoms with Crippen LogP contribution in [0.4, 0.5) is 0 Å². The highest BCUT2D eigenvalue weighted by Crippen LogP contribution is 2.23. The molecule has 1 aromatic carbocycles. The maximum absolute atomic E-state index is 11.9. The van der Waals surface area contributed by atoms with E-state index in [1.165, 1.54) is 0 Å². The second kappa shape index (κ2) is 7.51. The van der Waals surface area contributed by atoms with E-state index in [2.05, 4.69) is 19.2 Å². The minimum atomic E-state index is -0.446. The van der Waals surface area contributed by atoms with E-state index >= 15 is 0 Å². The van der Waals surface area contributed by atoms with Gasteiger partial charge in [-0.15, -0.1) is 0 Å². The van der Waals surface area contributed by atoms with E-state index in [4.69, 9.17) is 11.6 Å². The number of hydrogen-bond acceptors (Lipinski definition) is 2. The molecule has 0 bridgehead atoms. The van der Waals surface area contributed by atoms with Crippen molar-refractivity contribution in [3.63, 3.8) is 0 Å². The number of amides is 1. The molecule has 4 heteroatoms. The van der Waals surface area contributed by atoms with Crippen LogP contribution in [-0.2, 0) is 4.79 Å². The molecule has 0 saturated carbocycles. The summed E-state index contributed by atoms with van der Waals surface area (Å²) in [5.41, 5.74) is 1.05. The Kier molecular flexibility index (Phi) is 6.32. The van der Waals surface area contributed by atoms with Gasteiger partial charge in [0.15, 0.2) is 0 Å². The first kappa shape index (κ1) is 16.0. The monoisotopic (exact) mass is 283 g/mol. The van der Waals surface area contributed by atoms with Crippen LogP contribution in [0.5, 0.6) is 0 Å². The molecule has 0 heterocycles. The normalized spacial score (nSPS) is 14.2. The van der Waals surface area contributed by atoms with E-state index in [0.29, 0.717) is 17.9 Å². The van der Waals surface area contributed by atoms with E-state index in [-0.39, 0.29) is 17.9 Å². The SMILES string of the molecule is CC(O)CCC(=O)NC(c1ccc(Cl)cc1)C(C)C. The largest absolute Gasteiger partial charge is 0.393 e. The first-order chi connectivity index (χ1) is 8.90. The van der Waals surface area contributed by atoms with E-state index in [1.54, 1.807) is 6.92 Å². The second-order valence-electron chi connectivity index (χ2n) is 5.23. The summed E-state index contributed by atoms with van der Waals surface area (Å²) in [5, 5.41) is 12.9. The van der Waals surface area contributed by atoms with Gasteiger partial charge >= 0.3 is 0 Å². The van der Waals surface area contributed by atoms with Crippen molar-refractivity contribution in [1.29, 1.82) is 0 Å². The number of hydrogen-bond donors (Lipinski definition) is 2. The van der Waals surface area contributed by atoms with Crippen molar-refractivity contribution in [2.45, 2.75) is 45.8 Å². The number of rotatable bonds is 6. The molecule has 1 rings (SSSR count). The number of benzene rings is 1. The Morgan fingerprint density at radius 1 is 1.26 bits per heavy atom. The van der Waals surface area contributed by atoms with Gasteiger partial charge in [0.1, 0.15) is 0 Å². The van der Waals surface area contributed by atoms with Crippen LogP contribution in [0, 0.1) is 5.92 Å². The van der Waals surface area contributed by atoms with Crippen molar-refractivity contribution < 1.29 is 9.90 Å². The van der Waals surface area contributed by atoms with E-state index in [1.807, 2.05) is 24.3 Å². The maximum atomic E-state index is 11.9. The summed E-state index contributed by atoms with van der Waals surface area (Å²) in [5.74, 6) is 0.256. The Balaban J connectivity index is 2.68. The molecular formula is C15H22ClNO2. The number of carbonyl (C=O) groups is 1. The molecule has 2 N–H and O–H groups in total. The number of carbonyl (C=O) groups excluding carboxylic acids is 1. The molecule has 0 spiro atoms. The fourth-order valence-corrected chi connectivity index (χ4v) is 2.02. The fraction of sp³-hybridized carbons (Fsp3) is 0.533. The summed E-state index contributed by atoms with van der Waals surface area (Å²) < 4.78 is 0. The average molecular weight is 284 g/mol. The van der Waals surface area contributed by atoms with Crippen LogP contribution in [0.15, 0.2) is 24.3 Å². The van der Waals surface area contributed by atoms with Gasteiger partial charge in [0, 0.05) is 11.4 Å². The molecule has 0 radical (unpaired) electrons. The summed E-state index contributed by atoms with van der Waals surface area (Å²) in [6.07, 6.45) is 0.380. The lowest BCUT2D eigenvalue weighted by Crippen LogP contribution is -2.32. The van der Waals surface area contributed by atoms with E-state index in [9.17, 15) is 9.90 Å². The molecule has 0 saturated heterocycles. The third-order valence-electron chi connectivity index (χ3n) is 3.00. The Labute approximate surface area is 120 Å². The van der Waals surface area contributed by atoms with Crippen LogP contribution in [-0.4, -0.2) is 17.1 Å². The lowest BCUT2D eigenvalue weighted by Gasteiger charge is -2.23. The van der Waals surface area contributed by atoms with Crippen molar-refractivity contribution in [2.75, 3.05) is 0 Å². The molecule has 1 aromatic rings. The van der Waals surface area contributed by atoms with Crippen LogP contribution in [0.2, 0.25) is 5.02 Å². The van der Waals surface area contributed by atoms with Crippen LogP contribution >= 0.6 is 11.6 Å². The summed E-state index contributed by atoms with van der Waals surface area (Å²) in [6, 6.07) is 7.49. The predicted octanol–water partition coefficient (Wildman–Crippen LogP) is 3.31. The van der Waals surface area contributed by atoms with Gasteiger partial charge in [-0.2, -0.15) is 0 Å². The highest BCUT2D eigenvalue weighted by Gasteiger charge is 2.18. The molecule has 3 nitrogen and oxygen atoms in total. The number of aliphatic hydroxyl groups excluding tert-OH is 1. The van der Waals surface area contributed by atoms with Gasteiger partial charge in [0.25, 0.3) is 0 Å². The van der Waals surface area contributed by atoms with Gasteiger partial charge in [-0.05, 0) is 37.0 Å². The summed E-state index contributed by atoms with van der Waals surface area (Å²) in [6.45, 7) is 5.81. The van der Waals surface area contributed by atoms with Crippen molar-refractivity contribution in [1.82, 2.24) is 5.32 Å².